The maximum absolute atomic E-state index is 5.15. The fourth-order valence-electron chi connectivity index (χ4n) is 0.841. The van der Waals surface area contributed by atoms with E-state index in [0.29, 0.717) is 6.10 Å². The molecule has 0 aromatic heterocycles. The Morgan fingerprint density at radius 3 is 2.20 bits per heavy atom. The van der Waals surface area contributed by atoms with E-state index in [1.807, 2.05) is 0 Å². The van der Waals surface area contributed by atoms with Gasteiger partial charge in [-0.2, -0.15) is 0 Å². The van der Waals surface area contributed by atoms with Crippen LogP contribution in [0.5, 0.6) is 0 Å². The molecule has 0 aromatic carbocycles. The lowest BCUT2D eigenvalue weighted by Gasteiger charge is -2.12. The molecule has 0 N–H and O–H groups in total. The van der Waals surface area contributed by atoms with Crippen molar-refractivity contribution in [3.63, 3.8) is 0 Å². The van der Waals surface area contributed by atoms with Crippen molar-refractivity contribution >= 4 is 0 Å². The first-order valence-electron chi connectivity index (χ1n) is 4.23. The summed E-state index contributed by atoms with van der Waals surface area (Å²) in [5.74, 6) is 0.859. The molecular weight excluding hydrogens is 124 g/mol. The van der Waals surface area contributed by atoms with E-state index in [4.69, 9.17) is 4.74 Å². The number of hydrogen-bond acceptors (Lipinski definition) is 1. The third-order valence-electron chi connectivity index (χ3n) is 2.17. The van der Waals surface area contributed by atoms with E-state index in [2.05, 4.69) is 20.8 Å². The average Bonchev–Trinajstić information content (AvgIpc) is 1.99. The van der Waals surface area contributed by atoms with Crippen LogP contribution in [0.2, 0.25) is 0 Å². The minimum absolute atomic E-state index is 0.439. The Bertz CT molecular complexity index is 61.1. The fraction of sp³-hybridized carbons (Fsp3) is 1.00. The summed E-state index contributed by atoms with van der Waals surface area (Å²) in [5.41, 5.74) is 0. The second-order valence-electron chi connectivity index (χ2n) is 3.14. The third-order valence-corrected chi connectivity index (χ3v) is 2.17. The molecule has 0 aromatic rings. The molecule has 0 aliphatic carbocycles. The molecule has 2 unspecified atom stereocenters. The van der Waals surface area contributed by atoms with Crippen LogP contribution in [-0.4, -0.2) is 13.2 Å². The Balaban J connectivity index is 3.17. The SMILES string of the molecule is CCC(C)CCC(C)OC. The summed E-state index contributed by atoms with van der Waals surface area (Å²) in [6.45, 7) is 6.66. The van der Waals surface area contributed by atoms with Crippen LogP contribution >= 0.6 is 0 Å². The zero-order valence-electron chi connectivity index (χ0n) is 7.68. The molecule has 0 aliphatic rings. The summed E-state index contributed by atoms with van der Waals surface area (Å²) in [7, 11) is 1.78. The maximum atomic E-state index is 5.15. The van der Waals surface area contributed by atoms with Crippen molar-refractivity contribution in [1.29, 1.82) is 0 Å². The molecule has 0 aliphatic heterocycles. The fourth-order valence-corrected chi connectivity index (χ4v) is 0.841. The minimum Gasteiger partial charge on any atom is -0.382 e. The van der Waals surface area contributed by atoms with Gasteiger partial charge >= 0.3 is 0 Å². The van der Waals surface area contributed by atoms with Gasteiger partial charge in [-0.15, -0.1) is 0 Å². The predicted octanol–water partition coefficient (Wildman–Crippen LogP) is 2.85. The number of ether oxygens (including phenoxy) is 1. The molecule has 0 saturated carbocycles. The second-order valence-corrected chi connectivity index (χ2v) is 3.14. The van der Waals surface area contributed by atoms with Crippen molar-refractivity contribution in [2.75, 3.05) is 7.11 Å². The van der Waals surface area contributed by atoms with Gasteiger partial charge in [0.2, 0.25) is 0 Å². The molecule has 0 fully saturated rings. The molecule has 0 saturated heterocycles. The van der Waals surface area contributed by atoms with Crippen LogP contribution < -0.4 is 0 Å². The van der Waals surface area contributed by atoms with Crippen LogP contribution in [0.25, 0.3) is 0 Å². The molecule has 0 bridgehead atoms. The Hall–Kier alpha value is -0.0400. The molecule has 1 heteroatoms. The first kappa shape index (κ1) is 9.96. The van der Waals surface area contributed by atoms with Gasteiger partial charge in [0.1, 0.15) is 0 Å². The van der Waals surface area contributed by atoms with Crippen molar-refractivity contribution in [3.05, 3.63) is 0 Å². The van der Waals surface area contributed by atoms with Gasteiger partial charge in [-0.05, 0) is 25.7 Å². The van der Waals surface area contributed by atoms with E-state index < -0.39 is 0 Å². The van der Waals surface area contributed by atoms with Crippen molar-refractivity contribution < 1.29 is 4.74 Å². The zero-order valence-corrected chi connectivity index (χ0v) is 7.68. The van der Waals surface area contributed by atoms with Crippen LogP contribution in [-0.2, 0) is 4.74 Å². The van der Waals surface area contributed by atoms with Crippen LogP contribution in [0, 0.1) is 5.92 Å². The Morgan fingerprint density at radius 2 is 1.80 bits per heavy atom. The van der Waals surface area contributed by atoms with E-state index in [1.165, 1.54) is 19.3 Å². The first-order chi connectivity index (χ1) is 4.70. The van der Waals surface area contributed by atoms with Crippen molar-refractivity contribution in [2.45, 2.75) is 46.1 Å². The predicted molar refractivity (Wildman–Crippen MR) is 45.2 cm³/mol. The minimum atomic E-state index is 0.439. The summed E-state index contributed by atoms with van der Waals surface area (Å²) < 4.78 is 5.15. The smallest absolute Gasteiger partial charge is 0.0543 e. The Kier molecular flexibility index (Phi) is 5.70. The van der Waals surface area contributed by atoms with Gasteiger partial charge in [-0.3, -0.25) is 0 Å². The normalized spacial score (nSPS) is 16.8. The van der Waals surface area contributed by atoms with Gasteiger partial charge in [0.05, 0.1) is 6.10 Å². The third kappa shape index (κ3) is 4.80. The molecule has 10 heavy (non-hydrogen) atoms. The van der Waals surface area contributed by atoms with Crippen LogP contribution in [0.3, 0.4) is 0 Å². The largest absolute Gasteiger partial charge is 0.382 e. The van der Waals surface area contributed by atoms with E-state index in [-0.39, 0.29) is 0 Å². The molecular formula is C9H20O. The lowest BCUT2D eigenvalue weighted by molar-refractivity contribution is 0.105. The highest BCUT2D eigenvalue weighted by Crippen LogP contribution is 2.11. The molecule has 0 spiro atoms. The highest BCUT2D eigenvalue weighted by atomic mass is 16.5. The first-order valence-corrected chi connectivity index (χ1v) is 4.23. The lowest BCUT2D eigenvalue weighted by Crippen LogP contribution is -2.06. The van der Waals surface area contributed by atoms with E-state index >= 15 is 0 Å². The summed E-state index contributed by atoms with van der Waals surface area (Å²) in [4.78, 5) is 0. The van der Waals surface area contributed by atoms with Gasteiger partial charge in [0, 0.05) is 7.11 Å². The molecule has 0 radical (unpaired) electrons. The van der Waals surface area contributed by atoms with Crippen molar-refractivity contribution in [2.24, 2.45) is 5.92 Å². The van der Waals surface area contributed by atoms with Gasteiger partial charge in [-0.25, -0.2) is 0 Å². The molecule has 62 valence electrons. The van der Waals surface area contributed by atoms with Gasteiger partial charge in [0.25, 0.3) is 0 Å². The zero-order chi connectivity index (χ0) is 7.98. The summed E-state index contributed by atoms with van der Waals surface area (Å²) in [6, 6.07) is 0. The van der Waals surface area contributed by atoms with Crippen LogP contribution in [0.4, 0.5) is 0 Å². The Labute approximate surface area is 64.8 Å². The summed E-state index contributed by atoms with van der Waals surface area (Å²) in [5, 5.41) is 0. The Morgan fingerprint density at radius 1 is 1.20 bits per heavy atom. The standard InChI is InChI=1S/C9H20O/c1-5-8(2)6-7-9(3)10-4/h8-9H,5-7H2,1-4H3. The summed E-state index contributed by atoms with van der Waals surface area (Å²) in [6.07, 6.45) is 4.22. The molecule has 2 atom stereocenters. The highest BCUT2D eigenvalue weighted by Gasteiger charge is 2.02. The van der Waals surface area contributed by atoms with E-state index in [1.54, 1.807) is 7.11 Å². The van der Waals surface area contributed by atoms with E-state index in [0.717, 1.165) is 5.92 Å². The van der Waals surface area contributed by atoms with Crippen molar-refractivity contribution in [3.8, 4) is 0 Å². The van der Waals surface area contributed by atoms with Gasteiger partial charge in [-0.1, -0.05) is 20.3 Å². The molecule has 1 nitrogen and oxygen atoms in total. The van der Waals surface area contributed by atoms with Crippen LogP contribution in [0.15, 0.2) is 0 Å². The maximum Gasteiger partial charge on any atom is 0.0543 e. The second kappa shape index (κ2) is 5.72. The number of methoxy groups -OCH3 is 1. The number of hydrogen-bond donors (Lipinski definition) is 0. The van der Waals surface area contributed by atoms with E-state index in [9.17, 15) is 0 Å². The van der Waals surface area contributed by atoms with Crippen molar-refractivity contribution in [1.82, 2.24) is 0 Å². The molecule has 0 amide bonds. The monoisotopic (exact) mass is 144 g/mol. The molecule has 0 rings (SSSR count). The highest BCUT2D eigenvalue weighted by molar-refractivity contribution is 4.54. The summed E-state index contributed by atoms with van der Waals surface area (Å²) >= 11 is 0. The number of rotatable bonds is 5. The van der Waals surface area contributed by atoms with Gasteiger partial charge in [0.15, 0.2) is 0 Å². The van der Waals surface area contributed by atoms with Gasteiger partial charge < -0.3 is 4.74 Å². The average molecular weight is 144 g/mol. The lowest BCUT2D eigenvalue weighted by atomic mass is 10.0. The van der Waals surface area contributed by atoms with Crippen LogP contribution in [0.1, 0.15) is 40.0 Å². The topological polar surface area (TPSA) is 9.23 Å². The quantitative estimate of drug-likeness (QED) is 0.576. The molecule has 0 heterocycles.